The Labute approximate surface area is 242 Å². The number of aromatic nitrogens is 3. The summed E-state index contributed by atoms with van der Waals surface area (Å²) in [5, 5.41) is 18.6. The molecule has 9 nitrogen and oxygen atoms in total. The lowest BCUT2D eigenvalue weighted by Gasteiger charge is -2.07. The van der Waals surface area contributed by atoms with Crippen LogP contribution in [0.3, 0.4) is 0 Å². The molecule has 0 N–H and O–H groups in total. The first-order chi connectivity index (χ1) is 20.4. The Morgan fingerprint density at radius 1 is 0.952 bits per heavy atom. The highest BCUT2D eigenvalue weighted by atomic mass is 35.5. The van der Waals surface area contributed by atoms with Crippen molar-refractivity contribution in [2.75, 3.05) is 0 Å². The Hall–Kier alpha value is -5.54. The highest BCUT2D eigenvalue weighted by Crippen LogP contribution is 2.29. The number of non-ortho nitro benzene ring substituents is 1. The van der Waals surface area contributed by atoms with Crippen LogP contribution in [0.4, 0.5) is 5.69 Å². The summed E-state index contributed by atoms with van der Waals surface area (Å²) in [7, 11) is 0. The Balaban J connectivity index is 1.36. The monoisotopic (exact) mass is 573 g/mol. The largest absolute Gasteiger partial charge is 0.453 e. The number of fused-ring (bicyclic) bond motifs is 3. The van der Waals surface area contributed by atoms with Crippen molar-refractivity contribution in [2.45, 2.75) is 6.54 Å². The Morgan fingerprint density at radius 3 is 2.62 bits per heavy atom. The van der Waals surface area contributed by atoms with Gasteiger partial charge in [-0.1, -0.05) is 54.1 Å². The molecule has 7 rings (SSSR count). The van der Waals surface area contributed by atoms with Gasteiger partial charge in [0, 0.05) is 51.7 Å². The molecule has 0 bridgehead atoms. The third-order valence-corrected chi connectivity index (χ3v) is 7.29. The molecular formula is C32H20ClN5O4. The van der Waals surface area contributed by atoms with Crippen molar-refractivity contribution in [2.24, 2.45) is 5.10 Å². The van der Waals surface area contributed by atoms with Gasteiger partial charge in [0.1, 0.15) is 5.58 Å². The Kier molecular flexibility index (Phi) is 6.14. The number of hydrogen-bond acceptors (Lipinski definition) is 6. The summed E-state index contributed by atoms with van der Waals surface area (Å²) >= 11 is 6.18. The van der Waals surface area contributed by atoms with Crippen LogP contribution in [-0.2, 0) is 6.54 Å². The molecule has 0 aliphatic heterocycles. The lowest BCUT2D eigenvalue weighted by atomic mass is 10.2. The van der Waals surface area contributed by atoms with Gasteiger partial charge in [-0.15, -0.1) is 0 Å². The summed E-state index contributed by atoms with van der Waals surface area (Å²) in [5.41, 5.74) is 3.30. The van der Waals surface area contributed by atoms with E-state index >= 15 is 0 Å². The summed E-state index contributed by atoms with van der Waals surface area (Å²) < 4.78 is 9.31. The molecule has 0 aliphatic carbocycles. The van der Waals surface area contributed by atoms with E-state index in [9.17, 15) is 14.9 Å². The molecule has 4 aromatic carbocycles. The average Bonchev–Trinajstić information content (AvgIpc) is 3.58. The number of hydrogen-bond donors (Lipinski definition) is 0. The molecule has 0 unspecified atom stereocenters. The molecule has 204 valence electrons. The number of furan rings is 1. The molecule has 10 heteroatoms. The van der Waals surface area contributed by atoms with Gasteiger partial charge >= 0.3 is 0 Å². The number of nitro benzene ring substituents is 1. The number of nitro groups is 1. The van der Waals surface area contributed by atoms with Crippen LogP contribution in [-0.4, -0.2) is 25.4 Å². The van der Waals surface area contributed by atoms with Crippen LogP contribution < -0.4 is 5.56 Å². The van der Waals surface area contributed by atoms with E-state index in [2.05, 4.69) is 5.10 Å². The number of para-hydroxylation sites is 2. The Morgan fingerprint density at radius 2 is 1.76 bits per heavy atom. The van der Waals surface area contributed by atoms with Crippen LogP contribution in [0.25, 0.3) is 44.4 Å². The average molecular weight is 574 g/mol. The minimum atomic E-state index is -0.404. The van der Waals surface area contributed by atoms with Crippen LogP contribution in [0.2, 0.25) is 5.02 Å². The summed E-state index contributed by atoms with van der Waals surface area (Å²) in [6, 6.07) is 28.5. The number of halogens is 1. The van der Waals surface area contributed by atoms with Crippen LogP contribution >= 0.6 is 11.6 Å². The van der Waals surface area contributed by atoms with E-state index in [0.29, 0.717) is 33.8 Å². The molecule has 0 aliphatic rings. The highest BCUT2D eigenvalue weighted by Gasteiger charge is 2.17. The van der Waals surface area contributed by atoms with E-state index < -0.39 is 4.92 Å². The normalized spacial score (nSPS) is 11.7. The van der Waals surface area contributed by atoms with Crippen molar-refractivity contribution >= 4 is 56.3 Å². The van der Waals surface area contributed by atoms with E-state index in [1.165, 1.54) is 10.7 Å². The van der Waals surface area contributed by atoms with Gasteiger partial charge in [-0.2, -0.15) is 9.78 Å². The molecule has 0 amide bonds. The van der Waals surface area contributed by atoms with Crippen LogP contribution in [0, 0.1) is 10.1 Å². The van der Waals surface area contributed by atoms with Crippen molar-refractivity contribution in [1.82, 2.24) is 14.2 Å². The van der Waals surface area contributed by atoms with Crippen molar-refractivity contribution in [3.05, 3.63) is 140 Å². The fourth-order valence-electron chi connectivity index (χ4n) is 5.11. The SMILES string of the molecule is O=c1c2ccccc2nc(-c2cc3cc(Cl)ccc3o2)n1N=Cc1cn(Cc2cccc([N+](=O)[O-])c2)c2ccccc12. The first-order valence-electron chi connectivity index (χ1n) is 13.0. The predicted octanol–water partition coefficient (Wildman–Crippen LogP) is 7.26. The standard InChI is InChI=1S/C32H20ClN5O4/c33-23-12-13-29-21(15-23)16-30(42-29)31-35-27-10-3-1-9-26(27)32(39)37(31)34-17-22-19-36(28-11-4-2-8-25(22)28)18-20-6-5-7-24(14-20)38(40)41/h1-17,19H,18H2. The highest BCUT2D eigenvalue weighted by molar-refractivity contribution is 6.31. The van der Waals surface area contributed by atoms with Gasteiger partial charge in [0.15, 0.2) is 5.76 Å². The van der Waals surface area contributed by atoms with Crippen molar-refractivity contribution in [3.63, 3.8) is 0 Å². The van der Waals surface area contributed by atoms with Crippen LogP contribution in [0.15, 0.2) is 118 Å². The van der Waals surface area contributed by atoms with Gasteiger partial charge in [-0.25, -0.2) is 4.98 Å². The summed E-state index contributed by atoms with van der Waals surface area (Å²) in [6.07, 6.45) is 3.53. The first kappa shape index (κ1) is 25.4. The molecule has 0 saturated heterocycles. The van der Waals surface area contributed by atoms with Gasteiger partial charge in [-0.3, -0.25) is 14.9 Å². The second-order valence-electron chi connectivity index (χ2n) is 9.76. The molecule has 7 aromatic rings. The van der Waals surface area contributed by atoms with Gasteiger partial charge in [0.2, 0.25) is 5.82 Å². The second kappa shape index (κ2) is 10.1. The van der Waals surface area contributed by atoms with Gasteiger partial charge < -0.3 is 8.98 Å². The van der Waals surface area contributed by atoms with Crippen LogP contribution in [0.1, 0.15) is 11.1 Å². The number of rotatable bonds is 6. The fraction of sp³-hybridized carbons (Fsp3) is 0.0312. The zero-order valence-electron chi connectivity index (χ0n) is 21.8. The molecule has 0 radical (unpaired) electrons. The zero-order chi connectivity index (χ0) is 28.8. The molecule has 3 aromatic heterocycles. The van der Waals surface area contributed by atoms with E-state index in [1.54, 1.807) is 60.8 Å². The first-order valence-corrected chi connectivity index (χ1v) is 13.4. The summed E-state index contributed by atoms with van der Waals surface area (Å²) in [4.78, 5) is 29.3. The molecule has 42 heavy (non-hydrogen) atoms. The molecular weight excluding hydrogens is 554 g/mol. The maximum absolute atomic E-state index is 13.7. The predicted molar refractivity (Wildman–Crippen MR) is 163 cm³/mol. The quantitative estimate of drug-likeness (QED) is 0.118. The van der Waals surface area contributed by atoms with Gasteiger partial charge in [0.25, 0.3) is 11.2 Å². The molecule has 0 fully saturated rings. The lowest BCUT2D eigenvalue weighted by Crippen LogP contribution is -2.20. The fourth-order valence-corrected chi connectivity index (χ4v) is 5.29. The maximum Gasteiger partial charge on any atom is 0.282 e. The smallest absolute Gasteiger partial charge is 0.282 e. The van der Waals surface area contributed by atoms with Crippen molar-refractivity contribution in [3.8, 4) is 11.6 Å². The number of nitrogens with zero attached hydrogens (tertiary/aromatic N) is 5. The number of benzene rings is 4. The van der Waals surface area contributed by atoms with Crippen LogP contribution in [0.5, 0.6) is 0 Å². The Bertz CT molecular complexity index is 2260. The van der Waals surface area contributed by atoms with Gasteiger partial charge in [-0.05, 0) is 48.0 Å². The van der Waals surface area contributed by atoms with E-state index in [4.69, 9.17) is 21.0 Å². The van der Waals surface area contributed by atoms with Crippen molar-refractivity contribution in [1.29, 1.82) is 0 Å². The maximum atomic E-state index is 13.7. The molecule has 0 saturated carbocycles. The zero-order valence-corrected chi connectivity index (χ0v) is 22.6. The minimum Gasteiger partial charge on any atom is -0.453 e. The van der Waals surface area contributed by atoms with Gasteiger partial charge in [0.05, 0.1) is 22.0 Å². The van der Waals surface area contributed by atoms with Crippen molar-refractivity contribution < 1.29 is 9.34 Å². The second-order valence-corrected chi connectivity index (χ2v) is 10.2. The van der Waals surface area contributed by atoms with E-state index in [1.807, 2.05) is 47.2 Å². The summed E-state index contributed by atoms with van der Waals surface area (Å²) in [6.45, 7) is 0.417. The molecule has 0 atom stereocenters. The van der Waals surface area contributed by atoms with E-state index in [0.717, 1.165) is 27.4 Å². The topological polar surface area (TPSA) is 108 Å². The summed E-state index contributed by atoms with van der Waals surface area (Å²) in [5.74, 6) is 0.628. The third-order valence-electron chi connectivity index (χ3n) is 7.06. The molecule has 0 spiro atoms. The third kappa shape index (κ3) is 4.51. The lowest BCUT2D eigenvalue weighted by molar-refractivity contribution is -0.384. The van der Waals surface area contributed by atoms with E-state index in [-0.39, 0.29) is 17.1 Å². The minimum absolute atomic E-state index is 0.0364. The molecule has 3 heterocycles.